The highest BCUT2D eigenvalue weighted by Gasteiger charge is 2.36. The summed E-state index contributed by atoms with van der Waals surface area (Å²) in [6, 6.07) is 0. The number of hydrogen-bond acceptors (Lipinski definition) is 2. The van der Waals surface area contributed by atoms with Crippen LogP contribution in [0.1, 0.15) is 46.0 Å². The Morgan fingerprint density at radius 3 is 2.33 bits per heavy atom. The molecule has 0 aromatic rings. The second kappa shape index (κ2) is 5.51. The molecule has 0 spiro atoms. The first kappa shape index (κ1) is 11.9. The van der Waals surface area contributed by atoms with Crippen LogP contribution >= 0.6 is 15.9 Å². The first-order valence-corrected chi connectivity index (χ1v) is 5.19. The van der Waals surface area contributed by atoms with Crippen LogP contribution in [-0.2, 0) is 0 Å². The zero-order chi connectivity index (χ0) is 9.61. The van der Waals surface area contributed by atoms with Crippen molar-refractivity contribution in [2.75, 3.05) is 0 Å². The van der Waals surface area contributed by atoms with Gasteiger partial charge < -0.3 is 0 Å². The predicted molar refractivity (Wildman–Crippen MR) is 53.1 cm³/mol. The van der Waals surface area contributed by atoms with Gasteiger partial charge in [-0.1, -0.05) is 26.7 Å². The van der Waals surface area contributed by atoms with E-state index in [2.05, 4.69) is 22.9 Å². The second-order valence-corrected chi connectivity index (χ2v) is 4.46. The lowest BCUT2D eigenvalue weighted by Crippen LogP contribution is -2.30. The van der Waals surface area contributed by atoms with E-state index in [-0.39, 0.29) is 4.92 Å². The molecule has 72 valence electrons. The molecule has 0 bridgehead atoms. The van der Waals surface area contributed by atoms with Crippen LogP contribution in [0.2, 0.25) is 0 Å². The van der Waals surface area contributed by atoms with Crippen LogP contribution < -0.4 is 0 Å². The lowest BCUT2D eigenvalue weighted by Gasteiger charge is -2.16. The molecule has 4 heteroatoms. The van der Waals surface area contributed by atoms with Gasteiger partial charge in [0.05, 0.1) is 0 Å². The molecule has 12 heavy (non-hydrogen) atoms. The van der Waals surface area contributed by atoms with Crippen LogP contribution in [-0.4, -0.2) is 9.37 Å². The lowest BCUT2D eigenvalue weighted by molar-refractivity contribution is -0.537. The molecule has 0 heterocycles. The smallest absolute Gasteiger partial charge is 0.263 e. The molecule has 1 unspecified atom stereocenters. The molecule has 0 saturated heterocycles. The maximum absolute atomic E-state index is 10.6. The second-order valence-electron chi connectivity index (χ2n) is 2.99. The Hall–Kier alpha value is -0.120. The van der Waals surface area contributed by atoms with E-state index in [0.29, 0.717) is 12.8 Å². The molecule has 0 radical (unpaired) electrons. The topological polar surface area (TPSA) is 43.1 Å². The fraction of sp³-hybridized carbons (Fsp3) is 1.00. The summed E-state index contributed by atoms with van der Waals surface area (Å²) in [7, 11) is 0. The summed E-state index contributed by atoms with van der Waals surface area (Å²) in [5.41, 5.74) is 0. The zero-order valence-electron chi connectivity index (χ0n) is 7.68. The van der Waals surface area contributed by atoms with E-state index >= 15 is 0 Å². The summed E-state index contributed by atoms with van der Waals surface area (Å²) in [4.78, 5) is 10.4. The molecule has 0 N–H and O–H groups in total. The summed E-state index contributed by atoms with van der Waals surface area (Å²) < 4.78 is -0.873. The minimum absolute atomic E-state index is 0.220. The Balaban J connectivity index is 3.88. The van der Waals surface area contributed by atoms with E-state index in [1.807, 2.05) is 6.92 Å². The van der Waals surface area contributed by atoms with Crippen LogP contribution in [0.4, 0.5) is 0 Å². The summed E-state index contributed by atoms with van der Waals surface area (Å²) >= 11 is 3.18. The van der Waals surface area contributed by atoms with E-state index in [9.17, 15) is 10.1 Å². The van der Waals surface area contributed by atoms with Crippen molar-refractivity contribution < 1.29 is 4.92 Å². The maximum atomic E-state index is 10.6. The molecule has 0 aliphatic heterocycles. The van der Waals surface area contributed by atoms with Gasteiger partial charge in [-0.2, -0.15) is 0 Å². The van der Waals surface area contributed by atoms with Crippen molar-refractivity contribution in [1.82, 2.24) is 0 Å². The normalized spacial score (nSPS) is 15.6. The third-order valence-electron chi connectivity index (χ3n) is 2.03. The largest absolute Gasteiger partial charge is 0.274 e. The van der Waals surface area contributed by atoms with E-state index in [0.717, 1.165) is 19.3 Å². The Kier molecular flexibility index (Phi) is 5.46. The summed E-state index contributed by atoms with van der Waals surface area (Å²) in [6.07, 6.45) is 4.27. The van der Waals surface area contributed by atoms with Gasteiger partial charge in [-0.15, -0.1) is 0 Å². The van der Waals surface area contributed by atoms with Crippen LogP contribution in [0.5, 0.6) is 0 Å². The number of unbranched alkanes of at least 4 members (excludes halogenated alkanes) is 2. The van der Waals surface area contributed by atoms with Crippen molar-refractivity contribution in [2.45, 2.75) is 50.4 Å². The van der Waals surface area contributed by atoms with Crippen LogP contribution in [0.25, 0.3) is 0 Å². The van der Waals surface area contributed by atoms with E-state index in [1.54, 1.807) is 0 Å². The van der Waals surface area contributed by atoms with E-state index < -0.39 is 4.45 Å². The molecule has 0 amide bonds. The molecule has 0 fully saturated rings. The Labute approximate surface area is 81.8 Å². The number of nitrogens with zero attached hydrogens (tertiary/aromatic N) is 1. The van der Waals surface area contributed by atoms with Crippen molar-refractivity contribution in [3.05, 3.63) is 10.1 Å². The number of rotatable bonds is 6. The van der Waals surface area contributed by atoms with Crippen LogP contribution in [0, 0.1) is 10.1 Å². The summed E-state index contributed by atoms with van der Waals surface area (Å²) in [5.74, 6) is 0. The molecule has 0 rings (SSSR count). The van der Waals surface area contributed by atoms with E-state index in [4.69, 9.17) is 0 Å². The fourth-order valence-electron chi connectivity index (χ4n) is 1.04. The van der Waals surface area contributed by atoms with Gasteiger partial charge >= 0.3 is 0 Å². The van der Waals surface area contributed by atoms with Gasteiger partial charge in [-0.3, -0.25) is 10.1 Å². The number of halogens is 1. The maximum Gasteiger partial charge on any atom is 0.274 e. The van der Waals surface area contributed by atoms with Crippen molar-refractivity contribution in [1.29, 1.82) is 0 Å². The van der Waals surface area contributed by atoms with Gasteiger partial charge in [0.1, 0.15) is 0 Å². The van der Waals surface area contributed by atoms with Crippen molar-refractivity contribution in [3.8, 4) is 0 Å². The quantitative estimate of drug-likeness (QED) is 0.234. The average molecular weight is 238 g/mol. The zero-order valence-corrected chi connectivity index (χ0v) is 9.26. The minimum Gasteiger partial charge on any atom is -0.263 e. The standard InChI is InChI=1S/C8H16BrNO2/c1-3-5-6-7-8(9,4-2)10(11)12/h3-7H2,1-2H3. The minimum atomic E-state index is -0.873. The van der Waals surface area contributed by atoms with Crippen LogP contribution in [0.15, 0.2) is 0 Å². The molecule has 0 aliphatic carbocycles. The highest BCUT2D eigenvalue weighted by molar-refractivity contribution is 9.10. The molecule has 0 saturated carbocycles. The van der Waals surface area contributed by atoms with Gasteiger partial charge in [0.2, 0.25) is 0 Å². The Morgan fingerprint density at radius 1 is 1.42 bits per heavy atom. The van der Waals surface area contributed by atoms with Crippen molar-refractivity contribution in [3.63, 3.8) is 0 Å². The monoisotopic (exact) mass is 237 g/mol. The average Bonchev–Trinajstić information content (AvgIpc) is 2.04. The molecule has 0 aromatic carbocycles. The van der Waals surface area contributed by atoms with E-state index in [1.165, 1.54) is 0 Å². The molecule has 3 nitrogen and oxygen atoms in total. The van der Waals surface area contributed by atoms with Gasteiger partial charge in [0, 0.05) is 33.7 Å². The van der Waals surface area contributed by atoms with Crippen molar-refractivity contribution >= 4 is 15.9 Å². The molecular formula is C8H16BrNO2. The third-order valence-corrected chi connectivity index (χ3v) is 3.28. The van der Waals surface area contributed by atoms with Gasteiger partial charge in [0.15, 0.2) is 0 Å². The van der Waals surface area contributed by atoms with Crippen LogP contribution in [0.3, 0.4) is 0 Å². The number of nitro groups is 1. The third kappa shape index (κ3) is 3.52. The number of hydrogen-bond donors (Lipinski definition) is 0. The number of alkyl halides is 1. The Morgan fingerprint density at radius 2 is 2.00 bits per heavy atom. The molecule has 0 aromatic heterocycles. The highest BCUT2D eigenvalue weighted by atomic mass is 79.9. The first-order valence-electron chi connectivity index (χ1n) is 4.40. The molecular weight excluding hydrogens is 222 g/mol. The molecule has 1 atom stereocenters. The Bertz CT molecular complexity index is 152. The van der Waals surface area contributed by atoms with Gasteiger partial charge in [-0.25, -0.2) is 0 Å². The van der Waals surface area contributed by atoms with Gasteiger partial charge in [0.25, 0.3) is 4.45 Å². The lowest BCUT2D eigenvalue weighted by atomic mass is 10.1. The van der Waals surface area contributed by atoms with Crippen molar-refractivity contribution in [2.24, 2.45) is 0 Å². The summed E-state index contributed by atoms with van der Waals surface area (Å²) in [5, 5.41) is 10.6. The predicted octanol–water partition coefficient (Wildman–Crippen LogP) is 3.34. The SMILES string of the molecule is CCCCCC(Br)(CC)[N+](=O)[O-]. The first-order chi connectivity index (χ1) is 5.56. The fourth-order valence-corrected chi connectivity index (χ4v) is 1.32. The highest BCUT2D eigenvalue weighted by Crippen LogP contribution is 2.29. The van der Waals surface area contributed by atoms with Gasteiger partial charge in [-0.05, 0) is 6.42 Å². The molecule has 0 aliphatic rings. The summed E-state index contributed by atoms with van der Waals surface area (Å²) in [6.45, 7) is 3.93.